The average Bonchev–Trinajstić information content (AvgIpc) is 3.03. The minimum Gasteiger partial charge on any atom is -0.471 e. The monoisotopic (exact) mass is 310 g/mol. The van der Waals surface area contributed by atoms with Crippen molar-refractivity contribution in [3.8, 4) is 5.88 Å². The van der Waals surface area contributed by atoms with E-state index in [2.05, 4.69) is 15.3 Å². The summed E-state index contributed by atoms with van der Waals surface area (Å²) in [4.78, 5) is 0. The van der Waals surface area contributed by atoms with Crippen molar-refractivity contribution >= 4 is 28.0 Å². The van der Waals surface area contributed by atoms with E-state index < -0.39 is 0 Å². The second kappa shape index (κ2) is 5.27. The zero-order chi connectivity index (χ0) is 14.9. The van der Waals surface area contributed by atoms with Gasteiger partial charge in [-0.1, -0.05) is 41.9 Å². The van der Waals surface area contributed by atoms with E-state index in [1.54, 1.807) is 10.8 Å². The molecule has 0 fully saturated rings. The lowest BCUT2D eigenvalue weighted by Crippen LogP contribution is -2.01. The minimum atomic E-state index is 0.418. The van der Waals surface area contributed by atoms with Crippen LogP contribution >= 0.6 is 11.6 Å². The van der Waals surface area contributed by atoms with E-state index in [-0.39, 0.29) is 0 Å². The van der Waals surface area contributed by atoms with Crippen molar-refractivity contribution in [2.45, 2.75) is 6.61 Å². The highest BCUT2D eigenvalue weighted by Gasteiger charge is 2.10. The Labute approximate surface area is 131 Å². The van der Waals surface area contributed by atoms with Gasteiger partial charge in [-0.25, -0.2) is 0 Å². The van der Waals surface area contributed by atoms with Crippen molar-refractivity contribution in [2.24, 2.45) is 0 Å². The topological polar surface area (TPSA) is 52.3 Å². The van der Waals surface area contributed by atoms with Crippen LogP contribution in [0.15, 0.2) is 54.9 Å². The predicted molar refractivity (Wildman–Crippen MR) is 84.1 cm³/mol. The molecule has 0 atom stereocenters. The van der Waals surface area contributed by atoms with Crippen LogP contribution in [0.1, 0.15) is 5.56 Å². The Kier molecular flexibility index (Phi) is 3.12. The fourth-order valence-electron chi connectivity index (χ4n) is 2.34. The summed E-state index contributed by atoms with van der Waals surface area (Å²) in [6, 6.07) is 15.4. The maximum atomic E-state index is 5.89. The second-order valence-corrected chi connectivity index (χ2v) is 5.30. The molecule has 2 aromatic carbocycles. The fourth-order valence-corrected chi connectivity index (χ4v) is 2.46. The van der Waals surface area contributed by atoms with Crippen LogP contribution in [0.4, 0.5) is 0 Å². The van der Waals surface area contributed by atoms with E-state index in [9.17, 15) is 0 Å². The highest BCUT2D eigenvalue weighted by molar-refractivity contribution is 6.30. The summed E-state index contributed by atoms with van der Waals surface area (Å²) >= 11 is 5.89. The maximum absolute atomic E-state index is 5.89. The highest BCUT2D eigenvalue weighted by atomic mass is 35.5. The van der Waals surface area contributed by atoms with Crippen molar-refractivity contribution < 1.29 is 4.74 Å². The summed E-state index contributed by atoms with van der Waals surface area (Å²) < 4.78 is 7.52. The van der Waals surface area contributed by atoms with Gasteiger partial charge in [-0.15, -0.1) is 15.3 Å². The number of benzene rings is 2. The van der Waals surface area contributed by atoms with Gasteiger partial charge in [0.15, 0.2) is 5.65 Å². The third-order valence-electron chi connectivity index (χ3n) is 3.42. The lowest BCUT2D eigenvalue weighted by atomic mass is 10.2. The van der Waals surface area contributed by atoms with Crippen LogP contribution in [-0.4, -0.2) is 19.8 Å². The Hall–Kier alpha value is -2.66. The molecule has 4 rings (SSSR count). The summed E-state index contributed by atoms with van der Waals surface area (Å²) in [5, 5.41) is 15.0. The Morgan fingerprint density at radius 1 is 1.00 bits per heavy atom. The fraction of sp³-hybridized carbons (Fsp3) is 0.0625. The molecule has 0 amide bonds. The van der Waals surface area contributed by atoms with Gasteiger partial charge in [0, 0.05) is 15.8 Å². The maximum Gasteiger partial charge on any atom is 0.240 e. The second-order valence-electron chi connectivity index (χ2n) is 4.86. The molecule has 0 unspecified atom stereocenters. The van der Waals surface area contributed by atoms with Gasteiger partial charge < -0.3 is 4.74 Å². The Balaban J connectivity index is 1.74. The Morgan fingerprint density at radius 2 is 1.77 bits per heavy atom. The molecule has 2 aromatic heterocycles. The van der Waals surface area contributed by atoms with Gasteiger partial charge in [0.05, 0.1) is 0 Å². The van der Waals surface area contributed by atoms with E-state index in [0.29, 0.717) is 17.5 Å². The van der Waals surface area contributed by atoms with Gasteiger partial charge in [-0.2, -0.15) is 4.52 Å². The highest BCUT2D eigenvalue weighted by Crippen LogP contribution is 2.26. The Bertz CT molecular complexity index is 949. The number of nitrogens with zero attached hydrogens (tertiary/aromatic N) is 4. The van der Waals surface area contributed by atoms with Gasteiger partial charge in [0.2, 0.25) is 5.88 Å². The van der Waals surface area contributed by atoms with Crippen LogP contribution in [0.5, 0.6) is 5.88 Å². The van der Waals surface area contributed by atoms with Crippen molar-refractivity contribution in [2.75, 3.05) is 0 Å². The van der Waals surface area contributed by atoms with Crippen molar-refractivity contribution in [3.05, 3.63) is 65.4 Å². The average molecular weight is 311 g/mol. The van der Waals surface area contributed by atoms with Crippen LogP contribution in [-0.2, 0) is 6.61 Å². The zero-order valence-corrected chi connectivity index (χ0v) is 12.2. The molecule has 6 heteroatoms. The zero-order valence-electron chi connectivity index (χ0n) is 11.5. The molecule has 22 heavy (non-hydrogen) atoms. The van der Waals surface area contributed by atoms with Gasteiger partial charge in [0.25, 0.3) is 0 Å². The Morgan fingerprint density at radius 3 is 2.59 bits per heavy atom. The molecule has 0 aliphatic heterocycles. The van der Waals surface area contributed by atoms with Crippen LogP contribution in [0.2, 0.25) is 5.02 Å². The summed E-state index contributed by atoms with van der Waals surface area (Å²) in [6.07, 6.45) is 1.57. The quantitative estimate of drug-likeness (QED) is 0.581. The molecule has 2 heterocycles. The lowest BCUT2D eigenvalue weighted by molar-refractivity contribution is 0.293. The van der Waals surface area contributed by atoms with E-state index in [4.69, 9.17) is 16.3 Å². The molecule has 0 aliphatic rings. The molecule has 0 bridgehead atoms. The number of aromatic nitrogens is 4. The van der Waals surface area contributed by atoms with E-state index >= 15 is 0 Å². The molecule has 0 spiro atoms. The lowest BCUT2D eigenvalue weighted by Gasteiger charge is -2.09. The smallest absolute Gasteiger partial charge is 0.240 e. The molecule has 0 N–H and O–H groups in total. The molecule has 0 aliphatic carbocycles. The first kappa shape index (κ1) is 13.0. The summed E-state index contributed by atoms with van der Waals surface area (Å²) in [7, 11) is 0. The van der Waals surface area contributed by atoms with Crippen molar-refractivity contribution in [1.82, 2.24) is 19.8 Å². The third-order valence-corrected chi connectivity index (χ3v) is 3.67. The number of hydrogen-bond acceptors (Lipinski definition) is 4. The molecule has 108 valence electrons. The van der Waals surface area contributed by atoms with E-state index in [0.717, 1.165) is 22.0 Å². The number of halogens is 1. The van der Waals surface area contributed by atoms with Crippen LogP contribution < -0.4 is 4.74 Å². The standard InChI is InChI=1S/C16H11ClN4O/c17-12-7-5-11(6-8-12)9-22-16-14-4-2-1-3-13(14)15-19-18-10-21(15)20-16/h1-8,10H,9H2. The molecular weight excluding hydrogens is 300 g/mol. The number of ether oxygens (including phenoxy) is 1. The van der Waals surface area contributed by atoms with Crippen molar-refractivity contribution in [1.29, 1.82) is 0 Å². The SMILES string of the molecule is Clc1ccc(COc2nn3cnnc3c3ccccc23)cc1. The van der Waals surface area contributed by atoms with Crippen LogP contribution in [0.3, 0.4) is 0 Å². The molecular formula is C16H11ClN4O. The third kappa shape index (κ3) is 2.25. The van der Waals surface area contributed by atoms with Crippen molar-refractivity contribution in [3.63, 3.8) is 0 Å². The summed E-state index contributed by atoms with van der Waals surface area (Å²) in [5.74, 6) is 0.554. The van der Waals surface area contributed by atoms with Crippen LogP contribution in [0.25, 0.3) is 16.4 Å². The molecule has 0 saturated heterocycles. The van der Waals surface area contributed by atoms with Gasteiger partial charge >= 0.3 is 0 Å². The number of fused-ring (bicyclic) bond motifs is 3. The minimum absolute atomic E-state index is 0.418. The molecule has 0 radical (unpaired) electrons. The normalized spacial score (nSPS) is 11.1. The van der Waals surface area contributed by atoms with Gasteiger partial charge in [-0.3, -0.25) is 0 Å². The van der Waals surface area contributed by atoms with Gasteiger partial charge in [-0.05, 0) is 23.8 Å². The number of rotatable bonds is 3. The predicted octanol–water partition coefficient (Wildman–Crippen LogP) is 3.51. The first-order chi connectivity index (χ1) is 10.8. The first-order valence-corrected chi connectivity index (χ1v) is 7.15. The van der Waals surface area contributed by atoms with E-state index in [1.807, 2.05) is 48.5 Å². The van der Waals surface area contributed by atoms with E-state index in [1.165, 1.54) is 0 Å². The first-order valence-electron chi connectivity index (χ1n) is 6.77. The summed E-state index contributed by atoms with van der Waals surface area (Å²) in [6.45, 7) is 0.418. The largest absolute Gasteiger partial charge is 0.471 e. The summed E-state index contributed by atoms with van der Waals surface area (Å²) in [5.41, 5.74) is 1.74. The molecule has 0 saturated carbocycles. The number of hydrogen-bond donors (Lipinski definition) is 0. The van der Waals surface area contributed by atoms with Gasteiger partial charge in [0.1, 0.15) is 12.9 Å². The van der Waals surface area contributed by atoms with Crippen LogP contribution in [0, 0.1) is 0 Å². The molecule has 5 nitrogen and oxygen atoms in total. The molecule has 4 aromatic rings.